The second-order valence-corrected chi connectivity index (χ2v) is 16.0. The molecular formula is C21H18Cl2HgP+. The SMILES string of the molecule is [Cl][Hg][Cl].c1ccc(C2=C(c3ccccc3)[PH+](c3ccccc3)C2)cc1. The molecule has 0 nitrogen and oxygen atoms in total. The molecule has 0 aromatic heterocycles. The van der Waals surface area contributed by atoms with Crippen molar-refractivity contribution < 1.29 is 22.1 Å². The number of rotatable bonds is 3. The van der Waals surface area contributed by atoms with Crippen LogP contribution in [0.1, 0.15) is 11.1 Å². The van der Waals surface area contributed by atoms with Crippen LogP contribution in [-0.4, -0.2) is 6.16 Å². The third-order valence-electron chi connectivity index (χ3n) is 4.26. The first-order valence-corrected chi connectivity index (χ1v) is 23.5. The minimum absolute atomic E-state index is 0.632. The van der Waals surface area contributed by atoms with E-state index in [0.29, 0.717) is 0 Å². The Morgan fingerprint density at radius 3 is 1.60 bits per heavy atom. The second kappa shape index (κ2) is 9.88. The molecule has 4 heteroatoms. The molecule has 1 aliphatic rings. The fraction of sp³-hybridized carbons (Fsp3) is 0.0476. The van der Waals surface area contributed by atoms with Gasteiger partial charge in [-0.25, -0.2) is 0 Å². The maximum absolute atomic E-state index is 4.99. The summed E-state index contributed by atoms with van der Waals surface area (Å²) in [6.45, 7) is 0. The number of allylic oxidation sites excluding steroid dienone is 1. The molecule has 0 spiro atoms. The van der Waals surface area contributed by atoms with Gasteiger partial charge in [-0.3, -0.25) is 0 Å². The van der Waals surface area contributed by atoms with Crippen molar-refractivity contribution in [3.8, 4) is 0 Å². The zero-order valence-corrected chi connectivity index (χ0v) is 21.8. The monoisotopic (exact) mass is 573 g/mol. The van der Waals surface area contributed by atoms with Gasteiger partial charge >= 0.3 is 38.6 Å². The van der Waals surface area contributed by atoms with E-state index in [-0.39, 0.29) is 0 Å². The van der Waals surface area contributed by atoms with Crippen LogP contribution in [0.5, 0.6) is 0 Å². The number of hydrogen-bond donors (Lipinski definition) is 0. The number of benzene rings is 3. The first kappa shape index (κ1) is 19.1. The maximum Gasteiger partial charge on any atom is 0.112 e. The van der Waals surface area contributed by atoms with Crippen molar-refractivity contribution >= 4 is 40.6 Å². The molecule has 0 bridgehead atoms. The third-order valence-corrected chi connectivity index (χ3v) is 7.20. The van der Waals surface area contributed by atoms with Crippen molar-refractivity contribution in [2.24, 2.45) is 0 Å². The van der Waals surface area contributed by atoms with Gasteiger partial charge in [-0.15, -0.1) is 0 Å². The number of hydrogen-bond acceptors (Lipinski definition) is 0. The van der Waals surface area contributed by atoms with E-state index in [1.54, 1.807) is 5.31 Å². The zero-order chi connectivity index (χ0) is 17.5. The summed E-state index contributed by atoms with van der Waals surface area (Å²) in [5.74, 6) is 0. The van der Waals surface area contributed by atoms with Crippen LogP contribution in [0.2, 0.25) is 0 Å². The Kier molecular flexibility index (Phi) is 7.56. The molecule has 3 aromatic carbocycles. The predicted octanol–water partition coefficient (Wildman–Crippen LogP) is 6.48. The molecule has 0 saturated heterocycles. The van der Waals surface area contributed by atoms with Crippen LogP contribution in [0.25, 0.3) is 10.9 Å². The first-order chi connectivity index (χ1) is 12.3. The summed E-state index contributed by atoms with van der Waals surface area (Å²) in [6, 6.07) is 32.8. The molecule has 0 amide bonds. The molecule has 0 N–H and O–H groups in total. The quantitative estimate of drug-likeness (QED) is 0.249. The Morgan fingerprint density at radius 1 is 0.640 bits per heavy atom. The van der Waals surface area contributed by atoms with Gasteiger partial charge in [0.1, 0.15) is 5.31 Å². The number of halogens is 2. The predicted molar refractivity (Wildman–Crippen MR) is 111 cm³/mol. The summed E-state index contributed by atoms with van der Waals surface area (Å²) < 4.78 is 0. The Labute approximate surface area is 170 Å². The van der Waals surface area contributed by atoms with Crippen LogP contribution in [0.3, 0.4) is 0 Å². The fourth-order valence-corrected chi connectivity index (χ4v) is 5.96. The van der Waals surface area contributed by atoms with Crippen LogP contribution >= 0.6 is 24.4 Å². The van der Waals surface area contributed by atoms with E-state index in [0.717, 1.165) is 0 Å². The molecule has 1 aliphatic heterocycles. The van der Waals surface area contributed by atoms with E-state index < -0.39 is 30.0 Å². The van der Waals surface area contributed by atoms with Gasteiger partial charge in [0.15, 0.2) is 0 Å². The van der Waals surface area contributed by atoms with E-state index in [2.05, 4.69) is 91.0 Å². The maximum atomic E-state index is 4.99. The van der Waals surface area contributed by atoms with Crippen LogP contribution < -0.4 is 5.30 Å². The van der Waals surface area contributed by atoms with Gasteiger partial charge in [0.25, 0.3) is 0 Å². The third kappa shape index (κ3) is 4.75. The molecule has 1 atom stereocenters. The van der Waals surface area contributed by atoms with Gasteiger partial charge in [0, 0.05) is 11.1 Å². The van der Waals surface area contributed by atoms with Crippen LogP contribution in [0, 0.1) is 0 Å². The van der Waals surface area contributed by atoms with Crippen molar-refractivity contribution in [3.63, 3.8) is 0 Å². The van der Waals surface area contributed by atoms with Gasteiger partial charge in [-0.1, -0.05) is 78.9 Å². The fourth-order valence-electron chi connectivity index (χ4n) is 3.15. The minimum atomic E-state index is -1.14. The summed E-state index contributed by atoms with van der Waals surface area (Å²) in [6.07, 6.45) is 1.23. The molecule has 3 aromatic rings. The minimum Gasteiger partial charge on any atom is -0.0622 e. The van der Waals surface area contributed by atoms with E-state index in [4.69, 9.17) is 16.5 Å². The van der Waals surface area contributed by atoms with Gasteiger partial charge in [0.05, 0.1) is 19.4 Å². The smallest absolute Gasteiger partial charge is 0.0622 e. The first-order valence-electron chi connectivity index (χ1n) is 8.22. The second-order valence-electron chi connectivity index (χ2n) is 5.71. The summed E-state index contributed by atoms with van der Waals surface area (Å²) in [5.41, 5.74) is 4.31. The van der Waals surface area contributed by atoms with Crippen molar-refractivity contribution in [1.29, 1.82) is 0 Å². The largest absolute Gasteiger partial charge is 0.112 e. The standard InChI is InChI=1S/C21H17P.2ClH.Hg/c1-4-10-17(11-5-1)20-16-22(19-14-8-3-9-15-19)21(20)18-12-6-2-7-13-18;;;/h1-15H,16H2;2*1H;/q;;;+2/p-1. The van der Waals surface area contributed by atoms with Crippen LogP contribution in [0.4, 0.5) is 0 Å². The van der Waals surface area contributed by atoms with E-state index >= 15 is 0 Å². The van der Waals surface area contributed by atoms with Crippen molar-refractivity contribution in [1.82, 2.24) is 0 Å². The molecule has 4 rings (SSSR count). The Balaban J connectivity index is 0.000000569. The average Bonchev–Trinajstić information content (AvgIpc) is 2.64. The summed E-state index contributed by atoms with van der Waals surface area (Å²) in [5, 5.41) is 3.11. The van der Waals surface area contributed by atoms with Crippen LogP contribution in [0.15, 0.2) is 91.0 Å². The molecule has 1 unspecified atom stereocenters. The molecule has 25 heavy (non-hydrogen) atoms. The molecular weight excluding hydrogens is 555 g/mol. The van der Waals surface area contributed by atoms with Gasteiger partial charge in [-0.2, -0.15) is 0 Å². The van der Waals surface area contributed by atoms with Gasteiger partial charge in [0.2, 0.25) is 0 Å². The Bertz CT molecular complexity index is 820. The van der Waals surface area contributed by atoms with Gasteiger partial charge < -0.3 is 0 Å². The topological polar surface area (TPSA) is 0 Å². The van der Waals surface area contributed by atoms with E-state index in [1.807, 2.05) is 0 Å². The van der Waals surface area contributed by atoms with Crippen LogP contribution in [-0.2, 0) is 22.1 Å². The molecule has 0 fully saturated rings. The normalized spacial score (nSPS) is 15.5. The summed E-state index contributed by atoms with van der Waals surface area (Å²) in [4.78, 5) is 0. The van der Waals surface area contributed by atoms with E-state index in [9.17, 15) is 0 Å². The van der Waals surface area contributed by atoms with Crippen molar-refractivity contribution in [2.45, 2.75) is 0 Å². The van der Waals surface area contributed by atoms with Crippen molar-refractivity contribution in [2.75, 3.05) is 6.16 Å². The molecule has 0 aliphatic carbocycles. The Morgan fingerprint density at radius 2 is 1.08 bits per heavy atom. The summed E-state index contributed by atoms with van der Waals surface area (Å²) >= 11 is -1.14. The Hall–Kier alpha value is -0.655. The molecule has 122 valence electrons. The molecule has 0 saturated carbocycles. The van der Waals surface area contributed by atoms with Crippen molar-refractivity contribution in [3.05, 3.63) is 102 Å². The molecule has 1 heterocycles. The summed E-state index contributed by atoms with van der Waals surface area (Å²) in [7, 11) is 9.34. The zero-order valence-electron chi connectivity index (χ0n) is 13.8. The molecule has 0 radical (unpaired) electrons. The van der Waals surface area contributed by atoms with E-state index in [1.165, 1.54) is 28.2 Å². The van der Waals surface area contributed by atoms with Gasteiger partial charge in [-0.05, 0) is 17.7 Å². The average molecular weight is 573 g/mol.